The minimum Gasteiger partial charge on any atom is -0.426 e. The number of carbonyl (C=O) groups is 4. The minimum atomic E-state index is -0.557. The molecule has 1 aliphatic carbocycles. The molecule has 3 fully saturated rings. The quantitative estimate of drug-likeness (QED) is 0.393. The van der Waals surface area contributed by atoms with Crippen LogP contribution in [0.1, 0.15) is 38.2 Å². The molecule has 34 heavy (non-hydrogen) atoms. The lowest BCUT2D eigenvalue weighted by Crippen LogP contribution is -2.30. The van der Waals surface area contributed by atoms with Crippen molar-refractivity contribution in [2.24, 2.45) is 23.7 Å². The molecule has 1 saturated carbocycles. The van der Waals surface area contributed by atoms with E-state index in [9.17, 15) is 19.2 Å². The molecule has 2 saturated heterocycles. The highest BCUT2D eigenvalue weighted by Gasteiger charge is 2.50. The van der Waals surface area contributed by atoms with Crippen molar-refractivity contribution in [1.29, 1.82) is 0 Å². The van der Waals surface area contributed by atoms with Gasteiger partial charge in [-0.3, -0.25) is 24.1 Å². The van der Waals surface area contributed by atoms with Gasteiger partial charge in [-0.2, -0.15) is 0 Å². The van der Waals surface area contributed by atoms with Gasteiger partial charge in [-0.05, 0) is 68.0 Å². The lowest BCUT2D eigenvalue weighted by molar-refractivity contribution is -0.139. The highest BCUT2D eigenvalue weighted by atomic mass is 16.5. The van der Waals surface area contributed by atoms with Gasteiger partial charge in [-0.15, -0.1) is 0 Å². The maximum absolute atomic E-state index is 12.9. The number of imide groups is 1. The topological polar surface area (TPSA) is 84.0 Å². The second-order valence-electron chi connectivity index (χ2n) is 9.75. The summed E-state index contributed by atoms with van der Waals surface area (Å²) < 4.78 is 5.53. The van der Waals surface area contributed by atoms with Gasteiger partial charge in [0.15, 0.2) is 0 Å². The summed E-state index contributed by atoms with van der Waals surface area (Å²) in [5, 5.41) is 0. The maximum Gasteiger partial charge on any atom is 0.316 e. The number of hydrogen-bond donors (Lipinski definition) is 0. The van der Waals surface area contributed by atoms with Crippen LogP contribution in [-0.4, -0.2) is 30.2 Å². The Bertz CT molecular complexity index is 1160. The zero-order valence-electron chi connectivity index (χ0n) is 19.4. The molecule has 0 radical (unpaired) electrons. The summed E-state index contributed by atoms with van der Waals surface area (Å²) in [6.07, 6.45) is 2.57. The van der Waals surface area contributed by atoms with Crippen molar-refractivity contribution in [3.05, 3.63) is 54.1 Å². The number of anilines is 2. The number of rotatable bonds is 4. The van der Waals surface area contributed by atoms with Gasteiger partial charge in [0.1, 0.15) is 5.75 Å². The molecule has 2 aromatic carbocycles. The van der Waals surface area contributed by atoms with Crippen molar-refractivity contribution in [2.45, 2.75) is 39.5 Å². The fourth-order valence-corrected chi connectivity index (χ4v) is 5.47. The summed E-state index contributed by atoms with van der Waals surface area (Å²) >= 11 is 0. The average Bonchev–Trinajstić information content (AvgIpc) is 3.32. The first kappa shape index (κ1) is 22.3. The molecular weight excluding hydrogens is 432 g/mol. The van der Waals surface area contributed by atoms with Gasteiger partial charge in [0.25, 0.3) is 0 Å². The molecule has 0 aromatic heterocycles. The van der Waals surface area contributed by atoms with E-state index in [4.69, 9.17) is 4.74 Å². The Kier molecular flexibility index (Phi) is 5.71. The number of aryl methyl sites for hydroxylation is 1. The molecule has 0 N–H and O–H groups in total. The SMILES string of the molecule is Cc1ccccc1N1C[C@H](C(=O)Oc2ccc(N3C(=O)[C@H]4C[C@H](C)CC[C@H]4C3=O)cc2)CC1=O. The maximum atomic E-state index is 12.9. The van der Waals surface area contributed by atoms with Crippen LogP contribution in [0.3, 0.4) is 0 Å². The third kappa shape index (κ3) is 3.89. The van der Waals surface area contributed by atoms with Gasteiger partial charge in [-0.25, -0.2) is 0 Å². The number of para-hydroxylation sites is 1. The van der Waals surface area contributed by atoms with Gasteiger partial charge >= 0.3 is 5.97 Å². The van der Waals surface area contributed by atoms with E-state index < -0.39 is 11.9 Å². The lowest BCUT2D eigenvalue weighted by Gasteiger charge is -2.25. The Labute approximate surface area is 198 Å². The third-order valence-corrected chi connectivity index (χ3v) is 7.37. The minimum absolute atomic E-state index is 0.100. The molecule has 0 bridgehead atoms. The Morgan fingerprint density at radius 2 is 1.65 bits per heavy atom. The van der Waals surface area contributed by atoms with E-state index in [0.717, 1.165) is 30.5 Å². The predicted octanol–water partition coefficient (Wildman–Crippen LogP) is 3.88. The van der Waals surface area contributed by atoms with Gasteiger partial charge < -0.3 is 9.64 Å². The van der Waals surface area contributed by atoms with Gasteiger partial charge in [0, 0.05) is 18.7 Å². The standard InChI is InChI=1S/C27H28N2O5/c1-16-7-12-21-22(13-16)26(32)29(25(21)31)19-8-10-20(11-9-19)34-27(33)18-14-24(30)28(15-18)23-6-4-3-5-17(23)2/h3-6,8-11,16,18,21-22H,7,12-15H2,1-2H3/t16-,18-,21-,22+/m1/s1. The highest BCUT2D eigenvalue weighted by molar-refractivity contribution is 6.22. The summed E-state index contributed by atoms with van der Waals surface area (Å²) in [6.45, 7) is 4.33. The molecule has 3 amide bonds. The van der Waals surface area contributed by atoms with E-state index in [-0.39, 0.29) is 42.5 Å². The van der Waals surface area contributed by atoms with E-state index in [1.54, 1.807) is 29.2 Å². The summed E-state index contributed by atoms with van der Waals surface area (Å²) in [7, 11) is 0. The Morgan fingerprint density at radius 3 is 2.38 bits per heavy atom. The molecule has 2 aliphatic heterocycles. The van der Waals surface area contributed by atoms with Gasteiger partial charge in [0.05, 0.1) is 23.4 Å². The first-order valence-electron chi connectivity index (χ1n) is 11.9. The second-order valence-corrected chi connectivity index (χ2v) is 9.75. The molecule has 7 nitrogen and oxygen atoms in total. The monoisotopic (exact) mass is 460 g/mol. The zero-order chi connectivity index (χ0) is 24.0. The zero-order valence-corrected chi connectivity index (χ0v) is 19.4. The number of hydrogen-bond acceptors (Lipinski definition) is 5. The molecular formula is C27H28N2O5. The second kappa shape index (κ2) is 8.70. The summed E-state index contributed by atoms with van der Waals surface area (Å²) in [5.74, 6) is -1.08. The van der Waals surface area contributed by atoms with E-state index in [0.29, 0.717) is 17.4 Å². The largest absolute Gasteiger partial charge is 0.426 e. The summed E-state index contributed by atoms with van der Waals surface area (Å²) in [6, 6.07) is 14.0. The van der Waals surface area contributed by atoms with Crippen LogP contribution >= 0.6 is 0 Å². The van der Waals surface area contributed by atoms with Crippen molar-refractivity contribution >= 4 is 35.1 Å². The number of carbonyl (C=O) groups excluding carboxylic acids is 4. The van der Waals surface area contributed by atoms with E-state index >= 15 is 0 Å². The normalized spacial score (nSPS) is 26.7. The summed E-state index contributed by atoms with van der Waals surface area (Å²) in [4.78, 5) is 54.0. The van der Waals surface area contributed by atoms with Crippen LogP contribution in [0.5, 0.6) is 5.75 Å². The molecule has 7 heteroatoms. The molecule has 0 unspecified atom stereocenters. The van der Waals surface area contributed by atoms with Gasteiger partial charge in [-0.1, -0.05) is 25.1 Å². The van der Waals surface area contributed by atoms with Crippen LogP contribution < -0.4 is 14.5 Å². The van der Waals surface area contributed by atoms with Crippen molar-refractivity contribution in [1.82, 2.24) is 0 Å². The van der Waals surface area contributed by atoms with Crippen LogP contribution in [0.4, 0.5) is 11.4 Å². The average molecular weight is 461 g/mol. The smallest absolute Gasteiger partial charge is 0.316 e. The molecule has 5 rings (SSSR count). The molecule has 3 aliphatic rings. The third-order valence-electron chi connectivity index (χ3n) is 7.37. The summed E-state index contributed by atoms with van der Waals surface area (Å²) in [5.41, 5.74) is 2.28. The molecule has 0 spiro atoms. The molecule has 4 atom stereocenters. The van der Waals surface area contributed by atoms with Crippen molar-refractivity contribution in [3.63, 3.8) is 0 Å². The van der Waals surface area contributed by atoms with E-state index in [1.807, 2.05) is 31.2 Å². The highest BCUT2D eigenvalue weighted by Crippen LogP contribution is 2.42. The number of nitrogens with zero attached hydrogens (tertiary/aromatic N) is 2. The van der Waals surface area contributed by atoms with Crippen molar-refractivity contribution < 1.29 is 23.9 Å². The van der Waals surface area contributed by atoms with Crippen LogP contribution in [0.25, 0.3) is 0 Å². The lowest BCUT2D eigenvalue weighted by atomic mass is 9.76. The molecule has 2 heterocycles. The van der Waals surface area contributed by atoms with Crippen molar-refractivity contribution in [3.8, 4) is 5.75 Å². The fourth-order valence-electron chi connectivity index (χ4n) is 5.47. The number of benzene rings is 2. The predicted molar refractivity (Wildman–Crippen MR) is 126 cm³/mol. The Morgan fingerprint density at radius 1 is 0.941 bits per heavy atom. The Hall–Kier alpha value is -3.48. The van der Waals surface area contributed by atoms with Crippen LogP contribution in [0, 0.1) is 30.6 Å². The van der Waals surface area contributed by atoms with E-state index in [1.165, 1.54) is 4.90 Å². The van der Waals surface area contributed by atoms with Crippen LogP contribution in [0.15, 0.2) is 48.5 Å². The van der Waals surface area contributed by atoms with Crippen LogP contribution in [-0.2, 0) is 19.2 Å². The first-order chi connectivity index (χ1) is 16.3. The fraction of sp³-hybridized carbons (Fsp3) is 0.407. The van der Waals surface area contributed by atoms with Gasteiger partial charge in [0.2, 0.25) is 17.7 Å². The van der Waals surface area contributed by atoms with Crippen LogP contribution in [0.2, 0.25) is 0 Å². The molecule has 176 valence electrons. The number of fused-ring (bicyclic) bond motifs is 1. The Balaban J connectivity index is 1.25. The van der Waals surface area contributed by atoms with E-state index in [2.05, 4.69) is 6.92 Å². The number of amides is 3. The number of ether oxygens (including phenoxy) is 1. The number of esters is 1. The molecule has 2 aromatic rings. The first-order valence-corrected chi connectivity index (χ1v) is 11.9. The van der Waals surface area contributed by atoms with Crippen molar-refractivity contribution in [2.75, 3.05) is 16.3 Å².